The van der Waals surface area contributed by atoms with Gasteiger partial charge < -0.3 is 10.4 Å². The molecule has 0 unspecified atom stereocenters. The summed E-state index contributed by atoms with van der Waals surface area (Å²) < 4.78 is 1.15. The van der Waals surface area contributed by atoms with Crippen LogP contribution in [0.3, 0.4) is 0 Å². The summed E-state index contributed by atoms with van der Waals surface area (Å²) in [5.74, 6) is -1.61. The second-order valence-electron chi connectivity index (χ2n) is 3.78. The summed E-state index contributed by atoms with van der Waals surface area (Å²) in [6.45, 7) is 0. The number of rotatable bonds is 3. The highest BCUT2D eigenvalue weighted by Gasteiger charge is 2.16. The minimum Gasteiger partial charge on any atom is -0.478 e. The quantitative estimate of drug-likeness (QED) is 0.826. The van der Waals surface area contributed by atoms with E-state index in [0.29, 0.717) is 8.95 Å². The van der Waals surface area contributed by atoms with Crippen molar-refractivity contribution in [1.82, 2.24) is 4.98 Å². The van der Waals surface area contributed by atoms with E-state index < -0.39 is 11.9 Å². The lowest BCUT2D eigenvalue weighted by molar-refractivity contribution is 0.0698. The highest BCUT2D eigenvalue weighted by Crippen LogP contribution is 2.22. The third-order valence-electron chi connectivity index (χ3n) is 2.43. The molecule has 0 aliphatic heterocycles. The SMILES string of the molecule is O=C(O)c1cc(Br)ccc1NC(=O)c1ncccc1Br. The zero-order valence-corrected chi connectivity index (χ0v) is 13.1. The number of carbonyl (C=O) groups excluding carboxylic acids is 1. The largest absolute Gasteiger partial charge is 0.478 e. The lowest BCUT2D eigenvalue weighted by Crippen LogP contribution is -2.16. The van der Waals surface area contributed by atoms with Crippen molar-refractivity contribution in [3.8, 4) is 0 Å². The number of carboxylic acids is 1. The molecular weight excluding hydrogens is 392 g/mol. The van der Waals surface area contributed by atoms with Crippen LogP contribution in [-0.4, -0.2) is 22.0 Å². The van der Waals surface area contributed by atoms with E-state index in [-0.39, 0.29) is 16.9 Å². The van der Waals surface area contributed by atoms with E-state index in [4.69, 9.17) is 5.11 Å². The monoisotopic (exact) mass is 398 g/mol. The molecule has 0 fully saturated rings. The fourth-order valence-electron chi connectivity index (χ4n) is 1.54. The second-order valence-corrected chi connectivity index (χ2v) is 5.55. The molecule has 0 radical (unpaired) electrons. The van der Waals surface area contributed by atoms with Gasteiger partial charge in [-0.1, -0.05) is 15.9 Å². The normalized spacial score (nSPS) is 10.1. The van der Waals surface area contributed by atoms with Crippen molar-refractivity contribution in [2.24, 2.45) is 0 Å². The number of carboxylic acid groups (broad SMARTS) is 1. The maximum Gasteiger partial charge on any atom is 0.337 e. The Labute approximate surface area is 131 Å². The van der Waals surface area contributed by atoms with Crippen LogP contribution < -0.4 is 5.32 Å². The Hall–Kier alpha value is -1.73. The van der Waals surface area contributed by atoms with E-state index in [1.807, 2.05) is 0 Å². The summed E-state index contributed by atoms with van der Waals surface area (Å²) in [6.07, 6.45) is 1.49. The van der Waals surface area contributed by atoms with Gasteiger partial charge in [-0.2, -0.15) is 0 Å². The fourth-order valence-corrected chi connectivity index (χ4v) is 2.33. The van der Waals surface area contributed by atoms with Crippen LogP contribution in [0, 0.1) is 0 Å². The van der Waals surface area contributed by atoms with Gasteiger partial charge in [-0.15, -0.1) is 0 Å². The lowest BCUT2D eigenvalue weighted by Gasteiger charge is -2.09. The van der Waals surface area contributed by atoms with Gasteiger partial charge >= 0.3 is 5.97 Å². The Morgan fingerprint density at radius 1 is 1.20 bits per heavy atom. The van der Waals surface area contributed by atoms with Gasteiger partial charge in [0, 0.05) is 15.1 Å². The van der Waals surface area contributed by atoms with E-state index in [9.17, 15) is 9.59 Å². The van der Waals surface area contributed by atoms with E-state index in [1.165, 1.54) is 18.3 Å². The zero-order chi connectivity index (χ0) is 14.7. The van der Waals surface area contributed by atoms with Crippen molar-refractivity contribution in [3.05, 3.63) is 56.7 Å². The predicted octanol–water partition coefficient (Wildman–Crippen LogP) is 3.56. The third kappa shape index (κ3) is 3.23. The molecule has 0 atom stereocenters. The van der Waals surface area contributed by atoms with Crippen LogP contribution >= 0.6 is 31.9 Å². The molecule has 0 saturated carbocycles. The van der Waals surface area contributed by atoms with Crippen molar-refractivity contribution < 1.29 is 14.7 Å². The summed E-state index contributed by atoms with van der Waals surface area (Å²) in [6, 6.07) is 7.95. The first-order valence-electron chi connectivity index (χ1n) is 5.44. The van der Waals surface area contributed by atoms with Gasteiger partial charge in [0.1, 0.15) is 5.69 Å². The molecule has 0 spiro atoms. The number of anilines is 1. The Bertz CT molecular complexity index is 689. The highest BCUT2D eigenvalue weighted by molar-refractivity contribution is 9.10. The smallest absolute Gasteiger partial charge is 0.337 e. The Morgan fingerprint density at radius 2 is 1.95 bits per heavy atom. The maximum atomic E-state index is 12.1. The van der Waals surface area contributed by atoms with E-state index in [0.717, 1.165) is 0 Å². The summed E-state index contributed by atoms with van der Waals surface area (Å²) in [4.78, 5) is 27.2. The molecule has 5 nitrogen and oxygen atoms in total. The Morgan fingerprint density at radius 3 is 2.60 bits per heavy atom. The lowest BCUT2D eigenvalue weighted by atomic mass is 10.1. The van der Waals surface area contributed by atoms with E-state index >= 15 is 0 Å². The molecule has 102 valence electrons. The third-order valence-corrected chi connectivity index (χ3v) is 3.57. The van der Waals surface area contributed by atoms with Gasteiger partial charge in [0.05, 0.1) is 11.3 Å². The first kappa shape index (κ1) is 14.7. The molecule has 0 saturated heterocycles. The molecule has 2 aromatic rings. The number of nitrogens with zero attached hydrogens (tertiary/aromatic N) is 1. The van der Waals surface area contributed by atoms with Crippen LogP contribution in [-0.2, 0) is 0 Å². The predicted molar refractivity (Wildman–Crippen MR) is 81.0 cm³/mol. The number of aromatic carboxylic acids is 1. The number of hydrogen-bond donors (Lipinski definition) is 2. The van der Waals surface area contributed by atoms with Crippen LogP contribution in [0.15, 0.2) is 45.5 Å². The first-order chi connectivity index (χ1) is 9.49. The number of halogens is 2. The molecule has 7 heteroatoms. The molecule has 1 aromatic heterocycles. The van der Waals surface area contributed by atoms with Gasteiger partial charge in [-0.05, 0) is 46.3 Å². The first-order valence-corrected chi connectivity index (χ1v) is 7.02. The van der Waals surface area contributed by atoms with Gasteiger partial charge in [-0.25, -0.2) is 9.78 Å². The average Bonchev–Trinajstić information content (AvgIpc) is 2.41. The maximum absolute atomic E-state index is 12.1. The summed E-state index contributed by atoms with van der Waals surface area (Å²) in [5.41, 5.74) is 0.398. The molecule has 2 N–H and O–H groups in total. The van der Waals surface area contributed by atoms with Gasteiger partial charge in [0.25, 0.3) is 5.91 Å². The number of hydrogen-bond acceptors (Lipinski definition) is 3. The molecule has 1 amide bonds. The number of amides is 1. The Balaban J connectivity index is 2.33. The van der Waals surface area contributed by atoms with Crippen LogP contribution in [0.25, 0.3) is 0 Å². The molecule has 0 aliphatic carbocycles. The molecule has 2 rings (SSSR count). The zero-order valence-electron chi connectivity index (χ0n) is 9.93. The van der Waals surface area contributed by atoms with Crippen molar-refractivity contribution in [2.75, 3.05) is 5.32 Å². The van der Waals surface area contributed by atoms with Crippen LogP contribution in [0.5, 0.6) is 0 Å². The van der Waals surface area contributed by atoms with Crippen LogP contribution in [0.2, 0.25) is 0 Å². The number of pyridine rings is 1. The molecule has 1 heterocycles. The summed E-state index contributed by atoms with van der Waals surface area (Å²) in [7, 11) is 0. The van der Waals surface area contributed by atoms with Crippen molar-refractivity contribution >= 4 is 49.4 Å². The molecular formula is C13H8Br2N2O3. The van der Waals surface area contributed by atoms with E-state index in [2.05, 4.69) is 42.2 Å². The topological polar surface area (TPSA) is 79.3 Å². The minimum absolute atomic E-state index is 0.000205. The van der Waals surface area contributed by atoms with Crippen LogP contribution in [0.4, 0.5) is 5.69 Å². The van der Waals surface area contributed by atoms with Crippen molar-refractivity contribution in [2.45, 2.75) is 0 Å². The van der Waals surface area contributed by atoms with Crippen molar-refractivity contribution in [3.63, 3.8) is 0 Å². The van der Waals surface area contributed by atoms with Crippen molar-refractivity contribution in [1.29, 1.82) is 0 Å². The number of aromatic nitrogens is 1. The second kappa shape index (κ2) is 6.15. The minimum atomic E-state index is -1.12. The fraction of sp³-hybridized carbons (Fsp3) is 0. The molecule has 20 heavy (non-hydrogen) atoms. The number of benzene rings is 1. The highest BCUT2D eigenvalue weighted by atomic mass is 79.9. The summed E-state index contributed by atoms with van der Waals surface area (Å²) >= 11 is 6.41. The number of carbonyl (C=O) groups is 2. The molecule has 0 aliphatic rings. The van der Waals surface area contributed by atoms with E-state index in [1.54, 1.807) is 18.2 Å². The van der Waals surface area contributed by atoms with Crippen LogP contribution in [0.1, 0.15) is 20.8 Å². The Kier molecular flexibility index (Phi) is 4.51. The van der Waals surface area contributed by atoms with Gasteiger partial charge in [-0.3, -0.25) is 4.79 Å². The summed E-state index contributed by atoms with van der Waals surface area (Å²) in [5, 5.41) is 11.7. The molecule has 0 bridgehead atoms. The molecule has 1 aromatic carbocycles. The standard InChI is InChI=1S/C13H8Br2N2O3/c14-7-3-4-10(8(6-7)13(19)20)17-12(18)11-9(15)2-1-5-16-11/h1-6H,(H,17,18)(H,19,20). The average molecular weight is 400 g/mol. The van der Waals surface area contributed by atoms with Gasteiger partial charge in [0.15, 0.2) is 0 Å². The number of nitrogens with one attached hydrogen (secondary N) is 1. The van der Waals surface area contributed by atoms with Gasteiger partial charge in [0.2, 0.25) is 0 Å².